The summed E-state index contributed by atoms with van der Waals surface area (Å²) in [6, 6.07) is 9.25. The van der Waals surface area contributed by atoms with Gasteiger partial charge in [-0.1, -0.05) is 24.3 Å². The van der Waals surface area contributed by atoms with Crippen molar-refractivity contribution in [2.24, 2.45) is 0 Å². The Balaban J connectivity index is 1.49. The molecule has 1 atom stereocenters. The maximum absolute atomic E-state index is 5.90. The van der Waals surface area contributed by atoms with Gasteiger partial charge in [0.15, 0.2) is 0 Å². The third kappa shape index (κ3) is 2.99. The van der Waals surface area contributed by atoms with E-state index in [9.17, 15) is 0 Å². The molecule has 1 fully saturated rings. The normalized spacial score (nSPS) is 29.6. The Morgan fingerprint density at radius 3 is 3.00 bits per heavy atom. The molecule has 1 aliphatic heterocycles. The first-order chi connectivity index (χ1) is 9.36. The maximum atomic E-state index is 5.90. The number of fused-ring (bicyclic) bond motifs is 1. The minimum Gasteiger partial charge on any atom is -0.378 e. The Bertz CT molecular complexity index is 415. The molecule has 104 valence electrons. The lowest BCUT2D eigenvalue weighted by molar-refractivity contribution is -0.0173. The fraction of sp³-hybridized carbons (Fsp3) is 0.625. The minimum atomic E-state index is 0.219. The third-order valence-electron chi connectivity index (χ3n) is 4.18. The summed E-state index contributed by atoms with van der Waals surface area (Å²) < 4.78 is 11.5. The van der Waals surface area contributed by atoms with E-state index in [2.05, 4.69) is 36.5 Å². The van der Waals surface area contributed by atoms with E-state index in [0.29, 0.717) is 12.1 Å². The van der Waals surface area contributed by atoms with Crippen molar-refractivity contribution in [3.8, 4) is 0 Å². The molecule has 0 aromatic heterocycles. The predicted molar refractivity (Wildman–Crippen MR) is 75.3 cm³/mol. The number of benzene rings is 1. The van der Waals surface area contributed by atoms with Gasteiger partial charge in [0.05, 0.1) is 18.8 Å². The van der Waals surface area contributed by atoms with Crippen LogP contribution in [0.1, 0.15) is 37.0 Å². The maximum Gasteiger partial charge on any atom is 0.0952 e. The lowest BCUT2D eigenvalue weighted by atomic mass is 9.88. The zero-order valence-electron chi connectivity index (χ0n) is 11.6. The average molecular weight is 261 g/mol. The number of rotatable bonds is 5. The van der Waals surface area contributed by atoms with Crippen LogP contribution in [0, 0.1) is 0 Å². The average Bonchev–Trinajstić information content (AvgIpc) is 2.41. The third-order valence-corrected chi connectivity index (χ3v) is 4.18. The molecule has 1 saturated carbocycles. The molecule has 3 heteroatoms. The molecule has 1 aliphatic carbocycles. The monoisotopic (exact) mass is 261 g/mol. The fourth-order valence-electron chi connectivity index (χ4n) is 3.02. The molecule has 1 unspecified atom stereocenters. The van der Waals surface area contributed by atoms with Crippen molar-refractivity contribution in [2.45, 2.75) is 44.4 Å². The molecule has 2 aliphatic rings. The summed E-state index contributed by atoms with van der Waals surface area (Å²) in [5, 5.41) is 3.61. The van der Waals surface area contributed by atoms with Gasteiger partial charge in [-0.05, 0) is 37.3 Å². The molecule has 0 spiro atoms. The molecular formula is C16H23NO2. The van der Waals surface area contributed by atoms with Crippen molar-refractivity contribution < 1.29 is 9.47 Å². The summed E-state index contributed by atoms with van der Waals surface area (Å²) in [6.07, 6.45) is 4.02. The standard InChI is InChI=1S/C16H23NO2/c1-2-18-14-9-13(10-14)17-11-16-15-6-4-3-5-12(15)7-8-19-16/h3-6,13-14,16-17H,2,7-11H2,1H3. The molecule has 19 heavy (non-hydrogen) atoms. The Kier molecular flexibility index (Phi) is 4.16. The highest BCUT2D eigenvalue weighted by molar-refractivity contribution is 5.31. The van der Waals surface area contributed by atoms with Crippen LogP contribution in [0.25, 0.3) is 0 Å². The van der Waals surface area contributed by atoms with Gasteiger partial charge < -0.3 is 14.8 Å². The van der Waals surface area contributed by atoms with E-state index in [1.54, 1.807) is 0 Å². The molecule has 3 rings (SSSR count). The molecule has 3 nitrogen and oxygen atoms in total. The number of ether oxygens (including phenoxy) is 2. The quantitative estimate of drug-likeness (QED) is 0.883. The smallest absolute Gasteiger partial charge is 0.0952 e. The van der Waals surface area contributed by atoms with Crippen molar-refractivity contribution in [2.75, 3.05) is 19.8 Å². The predicted octanol–water partition coefficient (Wildman–Crippen LogP) is 2.46. The molecule has 0 bridgehead atoms. The SMILES string of the molecule is CCOC1CC(NCC2OCCc3ccccc32)C1. The number of hydrogen-bond donors (Lipinski definition) is 1. The van der Waals surface area contributed by atoms with Crippen LogP contribution in [-0.2, 0) is 15.9 Å². The summed E-state index contributed by atoms with van der Waals surface area (Å²) in [4.78, 5) is 0. The van der Waals surface area contributed by atoms with Crippen LogP contribution in [0.4, 0.5) is 0 Å². The lowest BCUT2D eigenvalue weighted by Gasteiger charge is -2.37. The summed E-state index contributed by atoms with van der Waals surface area (Å²) in [5.74, 6) is 0. The van der Waals surface area contributed by atoms with Gasteiger partial charge in [0.25, 0.3) is 0 Å². The number of hydrogen-bond acceptors (Lipinski definition) is 3. The van der Waals surface area contributed by atoms with Crippen LogP contribution in [-0.4, -0.2) is 31.9 Å². The van der Waals surface area contributed by atoms with E-state index in [-0.39, 0.29) is 6.10 Å². The Hall–Kier alpha value is -0.900. The summed E-state index contributed by atoms with van der Waals surface area (Å²) >= 11 is 0. The van der Waals surface area contributed by atoms with Gasteiger partial charge in [0.1, 0.15) is 0 Å². The highest BCUT2D eigenvalue weighted by Gasteiger charge is 2.30. The second-order valence-corrected chi connectivity index (χ2v) is 5.46. The highest BCUT2D eigenvalue weighted by atomic mass is 16.5. The van der Waals surface area contributed by atoms with E-state index >= 15 is 0 Å². The minimum absolute atomic E-state index is 0.219. The molecule has 0 radical (unpaired) electrons. The molecule has 1 N–H and O–H groups in total. The summed E-state index contributed by atoms with van der Waals surface area (Å²) in [7, 11) is 0. The summed E-state index contributed by atoms with van der Waals surface area (Å²) in [6.45, 7) is 4.65. The summed E-state index contributed by atoms with van der Waals surface area (Å²) in [5.41, 5.74) is 2.81. The number of nitrogens with one attached hydrogen (secondary N) is 1. The first kappa shape index (κ1) is 13.1. The van der Waals surface area contributed by atoms with Gasteiger partial charge in [-0.25, -0.2) is 0 Å². The molecule has 0 amide bonds. The van der Waals surface area contributed by atoms with Gasteiger partial charge in [-0.3, -0.25) is 0 Å². The van der Waals surface area contributed by atoms with Crippen LogP contribution >= 0.6 is 0 Å². The van der Waals surface area contributed by atoms with Gasteiger partial charge in [-0.15, -0.1) is 0 Å². The van der Waals surface area contributed by atoms with E-state index in [1.807, 2.05) is 0 Å². The highest BCUT2D eigenvalue weighted by Crippen LogP contribution is 2.28. The second-order valence-electron chi connectivity index (χ2n) is 5.46. The topological polar surface area (TPSA) is 30.5 Å². The fourth-order valence-corrected chi connectivity index (χ4v) is 3.02. The molecular weight excluding hydrogens is 238 g/mol. The van der Waals surface area contributed by atoms with Crippen LogP contribution in [0.5, 0.6) is 0 Å². The Morgan fingerprint density at radius 2 is 2.16 bits per heavy atom. The lowest BCUT2D eigenvalue weighted by Crippen LogP contribution is -2.47. The molecule has 1 heterocycles. The zero-order valence-corrected chi connectivity index (χ0v) is 11.6. The van der Waals surface area contributed by atoms with Crippen molar-refractivity contribution in [3.05, 3.63) is 35.4 Å². The van der Waals surface area contributed by atoms with Crippen molar-refractivity contribution in [1.29, 1.82) is 0 Å². The second kappa shape index (κ2) is 6.04. The van der Waals surface area contributed by atoms with Gasteiger partial charge in [0.2, 0.25) is 0 Å². The van der Waals surface area contributed by atoms with Crippen molar-refractivity contribution in [1.82, 2.24) is 5.32 Å². The molecule has 1 aromatic rings. The zero-order chi connectivity index (χ0) is 13.1. The van der Waals surface area contributed by atoms with Crippen molar-refractivity contribution >= 4 is 0 Å². The van der Waals surface area contributed by atoms with Crippen LogP contribution in [0.15, 0.2) is 24.3 Å². The first-order valence-electron chi connectivity index (χ1n) is 7.41. The van der Waals surface area contributed by atoms with Crippen LogP contribution < -0.4 is 5.32 Å². The van der Waals surface area contributed by atoms with E-state index in [0.717, 1.165) is 39.0 Å². The first-order valence-corrected chi connectivity index (χ1v) is 7.41. The molecule has 1 aromatic carbocycles. The van der Waals surface area contributed by atoms with Gasteiger partial charge >= 0.3 is 0 Å². The van der Waals surface area contributed by atoms with Crippen LogP contribution in [0.2, 0.25) is 0 Å². The Labute approximate surface area is 115 Å². The van der Waals surface area contributed by atoms with Gasteiger partial charge in [0, 0.05) is 19.2 Å². The van der Waals surface area contributed by atoms with E-state index < -0.39 is 0 Å². The molecule has 0 saturated heterocycles. The van der Waals surface area contributed by atoms with E-state index in [1.165, 1.54) is 11.1 Å². The Morgan fingerprint density at radius 1 is 1.32 bits per heavy atom. The largest absolute Gasteiger partial charge is 0.378 e. The van der Waals surface area contributed by atoms with Crippen LogP contribution in [0.3, 0.4) is 0 Å². The van der Waals surface area contributed by atoms with Crippen molar-refractivity contribution in [3.63, 3.8) is 0 Å². The van der Waals surface area contributed by atoms with E-state index in [4.69, 9.17) is 9.47 Å². The van der Waals surface area contributed by atoms with Gasteiger partial charge in [-0.2, -0.15) is 0 Å².